The largest absolute Gasteiger partial charge is 0.426 e. The summed E-state index contributed by atoms with van der Waals surface area (Å²) in [4.78, 5) is 55.1. The Hall–Kier alpha value is -2.80. The highest BCUT2D eigenvalue weighted by molar-refractivity contribution is 7.98. The molecule has 0 bridgehead atoms. The van der Waals surface area contributed by atoms with E-state index < -0.39 is 41.6 Å². The van der Waals surface area contributed by atoms with E-state index in [0.717, 1.165) is 11.4 Å². The van der Waals surface area contributed by atoms with Gasteiger partial charge in [0.05, 0.1) is 23.3 Å². The molecule has 1 aliphatic heterocycles. The molecule has 47 heavy (non-hydrogen) atoms. The average Bonchev–Trinajstić information content (AvgIpc) is 3.46. The van der Waals surface area contributed by atoms with E-state index in [9.17, 15) is 24.3 Å². The van der Waals surface area contributed by atoms with Crippen molar-refractivity contribution in [2.75, 3.05) is 25.1 Å². The number of ether oxygens (including phenoxy) is 1. The van der Waals surface area contributed by atoms with Gasteiger partial charge in [0.2, 0.25) is 17.7 Å². The lowest BCUT2D eigenvalue weighted by Gasteiger charge is -2.34. The number of aromatic nitrogens is 2. The predicted octanol–water partition coefficient (Wildman–Crippen LogP) is 4.01. The number of thioether (sulfide) groups is 1. The van der Waals surface area contributed by atoms with Crippen LogP contribution in [0.4, 0.5) is 4.79 Å². The maximum atomic E-state index is 13.9. The predicted molar refractivity (Wildman–Crippen MR) is 186 cm³/mol. The second-order valence-corrected chi connectivity index (χ2v) is 15.6. The molecule has 13 heteroatoms. The molecule has 1 saturated heterocycles. The Labute approximate surface area is 285 Å². The van der Waals surface area contributed by atoms with Gasteiger partial charge in [-0.3, -0.25) is 14.4 Å². The van der Waals surface area contributed by atoms with Crippen LogP contribution >= 0.6 is 11.8 Å². The SMILES string of the molecule is CSCC[C@H](NC(=O)OCn1nc(C)cc1C)C(=O)N[C@@H](CC(C)C)[C@@H](O)C[C@]1(C)CCN([C@@H](CC(C)C)C(=O)NCC(C)C)C1=O. The van der Waals surface area contributed by atoms with Gasteiger partial charge in [-0.1, -0.05) is 48.5 Å². The molecular formula is C34H60N6O6S. The van der Waals surface area contributed by atoms with Crippen molar-refractivity contribution in [1.29, 1.82) is 0 Å². The summed E-state index contributed by atoms with van der Waals surface area (Å²) >= 11 is 1.55. The summed E-state index contributed by atoms with van der Waals surface area (Å²) in [5.41, 5.74) is 0.762. The van der Waals surface area contributed by atoms with Crippen LogP contribution < -0.4 is 16.0 Å². The van der Waals surface area contributed by atoms with Gasteiger partial charge in [-0.15, -0.1) is 0 Å². The van der Waals surface area contributed by atoms with Crippen molar-refractivity contribution in [2.24, 2.45) is 23.2 Å². The molecule has 268 valence electrons. The molecule has 2 rings (SSSR count). The number of likely N-dealkylation sites (tertiary alicyclic amines) is 1. The van der Waals surface area contributed by atoms with E-state index in [1.807, 2.05) is 74.6 Å². The molecule has 0 aromatic carbocycles. The van der Waals surface area contributed by atoms with Crippen LogP contribution in [0.5, 0.6) is 0 Å². The Bertz CT molecular complexity index is 1190. The first kappa shape index (κ1) is 40.4. The molecule has 12 nitrogen and oxygen atoms in total. The van der Waals surface area contributed by atoms with Crippen molar-refractivity contribution in [3.8, 4) is 0 Å². The number of aliphatic hydroxyl groups excluding tert-OH is 1. The third-order valence-electron chi connectivity index (χ3n) is 8.56. The molecule has 1 aliphatic rings. The van der Waals surface area contributed by atoms with Crippen LogP contribution in [0, 0.1) is 37.0 Å². The summed E-state index contributed by atoms with van der Waals surface area (Å²) in [5.74, 6) is 0.548. The summed E-state index contributed by atoms with van der Waals surface area (Å²) in [7, 11) is 0. The number of carbonyl (C=O) groups excluding carboxylic acids is 4. The van der Waals surface area contributed by atoms with Crippen molar-refractivity contribution >= 4 is 35.6 Å². The van der Waals surface area contributed by atoms with Crippen LogP contribution in [0.25, 0.3) is 0 Å². The zero-order valence-corrected chi connectivity index (χ0v) is 31.0. The summed E-state index contributed by atoms with van der Waals surface area (Å²) in [6, 6.07) is -0.221. The van der Waals surface area contributed by atoms with E-state index in [-0.39, 0.29) is 36.8 Å². The Morgan fingerprint density at radius 2 is 1.70 bits per heavy atom. The summed E-state index contributed by atoms with van der Waals surface area (Å²) in [6.45, 7) is 18.6. The van der Waals surface area contributed by atoms with Crippen LogP contribution in [0.3, 0.4) is 0 Å². The number of nitrogens with one attached hydrogen (secondary N) is 3. The lowest BCUT2D eigenvalue weighted by Crippen LogP contribution is -2.54. The molecule has 0 spiro atoms. The van der Waals surface area contributed by atoms with Gasteiger partial charge in [0.1, 0.15) is 12.1 Å². The van der Waals surface area contributed by atoms with Gasteiger partial charge in [-0.05, 0) is 81.8 Å². The minimum absolute atomic E-state index is 0.0852. The highest BCUT2D eigenvalue weighted by Gasteiger charge is 2.48. The minimum Gasteiger partial charge on any atom is -0.426 e. The van der Waals surface area contributed by atoms with Gasteiger partial charge in [0.15, 0.2) is 6.73 Å². The van der Waals surface area contributed by atoms with E-state index >= 15 is 0 Å². The number of rotatable bonds is 19. The zero-order chi connectivity index (χ0) is 35.5. The number of alkyl carbamates (subject to hydrolysis) is 1. The Balaban J connectivity index is 2.14. The van der Waals surface area contributed by atoms with Crippen LogP contribution in [-0.2, 0) is 25.9 Å². The topological polar surface area (TPSA) is 155 Å². The summed E-state index contributed by atoms with van der Waals surface area (Å²) in [6.07, 6.45) is 2.19. The smallest absolute Gasteiger partial charge is 0.409 e. The van der Waals surface area contributed by atoms with Gasteiger partial charge in [-0.2, -0.15) is 16.9 Å². The summed E-state index contributed by atoms with van der Waals surface area (Å²) < 4.78 is 6.92. The fraction of sp³-hybridized carbons (Fsp3) is 0.794. The number of aliphatic hydroxyl groups is 1. The van der Waals surface area contributed by atoms with Crippen LogP contribution in [0.2, 0.25) is 0 Å². The number of hydrogen-bond acceptors (Lipinski definition) is 8. The quantitative estimate of drug-likeness (QED) is 0.171. The lowest BCUT2D eigenvalue weighted by atomic mass is 9.80. The van der Waals surface area contributed by atoms with Gasteiger partial charge in [-0.25, -0.2) is 9.48 Å². The molecule has 2 heterocycles. The van der Waals surface area contributed by atoms with Gasteiger partial charge in [0.25, 0.3) is 0 Å². The zero-order valence-electron chi connectivity index (χ0n) is 30.2. The molecule has 1 aromatic rings. The fourth-order valence-corrected chi connectivity index (χ4v) is 6.45. The molecule has 4 amide bonds. The Kier molecular flexibility index (Phi) is 16.0. The van der Waals surface area contributed by atoms with Crippen LogP contribution in [0.15, 0.2) is 6.07 Å². The minimum atomic E-state index is -1.02. The lowest BCUT2D eigenvalue weighted by molar-refractivity contribution is -0.144. The molecular weight excluding hydrogens is 620 g/mol. The number of amides is 4. The Morgan fingerprint density at radius 3 is 2.26 bits per heavy atom. The molecule has 0 saturated carbocycles. The molecule has 5 atom stereocenters. The van der Waals surface area contributed by atoms with Crippen molar-refractivity contribution in [3.63, 3.8) is 0 Å². The van der Waals surface area contributed by atoms with Crippen molar-refractivity contribution in [3.05, 3.63) is 17.5 Å². The second kappa shape index (κ2) is 18.7. The van der Waals surface area contributed by atoms with Crippen molar-refractivity contribution < 1.29 is 29.0 Å². The monoisotopic (exact) mass is 680 g/mol. The van der Waals surface area contributed by atoms with E-state index in [0.29, 0.717) is 50.4 Å². The molecule has 1 fully saturated rings. The maximum Gasteiger partial charge on any atom is 0.409 e. The molecule has 4 N–H and O–H groups in total. The molecule has 0 aliphatic carbocycles. The van der Waals surface area contributed by atoms with E-state index in [2.05, 4.69) is 21.0 Å². The van der Waals surface area contributed by atoms with Gasteiger partial charge < -0.3 is 30.7 Å². The van der Waals surface area contributed by atoms with E-state index in [1.165, 1.54) is 0 Å². The Morgan fingerprint density at radius 1 is 1.04 bits per heavy atom. The standard InChI is InChI=1S/C34H60N6O6S/c1-21(2)15-27(36-30(42)26(11-14-47-10)37-33(45)46-20-40-25(8)17-24(7)38-40)29(41)18-34(9)12-13-39(32(34)44)28(16-22(3)4)31(43)35-19-23(5)6/h17,21-23,26-29,41H,11-16,18-20H2,1-10H3,(H,35,43)(H,36,42)(H,37,45)/t26-,27-,28-,29-,34-/m0/s1. The second-order valence-electron chi connectivity index (χ2n) is 14.6. The number of nitrogens with zero attached hydrogens (tertiary/aromatic N) is 3. The number of carbonyl (C=O) groups is 4. The van der Waals surface area contributed by atoms with Gasteiger partial charge in [0, 0.05) is 18.8 Å². The summed E-state index contributed by atoms with van der Waals surface area (Å²) in [5, 5.41) is 24.5. The molecule has 1 aromatic heterocycles. The number of hydrogen-bond donors (Lipinski definition) is 4. The molecule has 0 radical (unpaired) electrons. The van der Waals surface area contributed by atoms with Crippen molar-refractivity contribution in [2.45, 2.75) is 125 Å². The average molecular weight is 681 g/mol. The normalized spacial score (nSPS) is 19.2. The van der Waals surface area contributed by atoms with Gasteiger partial charge >= 0.3 is 6.09 Å². The first-order valence-electron chi connectivity index (χ1n) is 17.0. The van der Waals surface area contributed by atoms with Crippen LogP contribution in [0.1, 0.15) is 92.0 Å². The molecule has 0 unspecified atom stereocenters. The number of aryl methyl sites for hydroxylation is 2. The van der Waals surface area contributed by atoms with Crippen molar-refractivity contribution in [1.82, 2.24) is 30.6 Å². The van der Waals surface area contributed by atoms with Crippen LogP contribution in [-0.4, -0.2) is 92.9 Å². The third kappa shape index (κ3) is 12.6. The first-order valence-corrected chi connectivity index (χ1v) is 18.4. The first-order chi connectivity index (χ1) is 22.0. The van der Waals surface area contributed by atoms with E-state index in [4.69, 9.17) is 4.74 Å². The highest BCUT2D eigenvalue weighted by atomic mass is 32.2. The maximum absolute atomic E-state index is 13.9. The van der Waals surface area contributed by atoms with E-state index in [1.54, 1.807) is 21.3 Å². The highest BCUT2D eigenvalue weighted by Crippen LogP contribution is 2.39. The fourth-order valence-electron chi connectivity index (χ4n) is 5.98. The third-order valence-corrected chi connectivity index (χ3v) is 9.20.